The average Bonchev–Trinajstić information content (AvgIpc) is 3.21. The third-order valence-electron chi connectivity index (χ3n) is 4.35. The summed E-state index contributed by atoms with van der Waals surface area (Å²) in [5.41, 5.74) is 4.34. The topological polar surface area (TPSA) is 77.7 Å². The molecule has 2 N–H and O–H groups in total. The zero-order chi connectivity index (χ0) is 16.5. The van der Waals surface area contributed by atoms with Gasteiger partial charge in [-0.3, -0.25) is 15.0 Å². The Bertz CT molecular complexity index is 854. The first kappa shape index (κ1) is 14.6. The van der Waals surface area contributed by atoms with Gasteiger partial charge in [-0.15, -0.1) is 0 Å². The van der Waals surface area contributed by atoms with Crippen molar-refractivity contribution < 1.29 is 9.18 Å². The monoisotopic (exact) mass is 325 g/mol. The van der Waals surface area contributed by atoms with Gasteiger partial charge in [-0.1, -0.05) is 0 Å². The molecule has 3 aromatic rings. The summed E-state index contributed by atoms with van der Waals surface area (Å²) in [6.07, 6.45) is 2.99. The van der Waals surface area contributed by atoms with E-state index in [1.807, 2.05) is 4.90 Å². The molecule has 0 aliphatic carbocycles. The molecule has 2 aromatic heterocycles. The van der Waals surface area contributed by atoms with Crippen LogP contribution in [0.2, 0.25) is 0 Å². The van der Waals surface area contributed by atoms with Crippen LogP contribution in [0.4, 0.5) is 4.39 Å². The Morgan fingerprint density at radius 1 is 1.08 bits per heavy atom. The van der Waals surface area contributed by atoms with E-state index in [9.17, 15) is 9.18 Å². The quantitative estimate of drug-likeness (QED) is 0.758. The molecule has 122 valence electrons. The summed E-state index contributed by atoms with van der Waals surface area (Å²) in [6.45, 7) is 1.23. The van der Waals surface area contributed by atoms with Gasteiger partial charge in [-0.25, -0.2) is 4.39 Å². The molecule has 1 aliphatic rings. The Labute approximate surface area is 137 Å². The average molecular weight is 325 g/mol. The highest BCUT2D eigenvalue weighted by Crippen LogP contribution is 2.27. The number of aromatic amines is 2. The second-order valence-electron chi connectivity index (χ2n) is 5.80. The van der Waals surface area contributed by atoms with Crippen LogP contribution >= 0.6 is 0 Å². The zero-order valence-corrected chi connectivity index (χ0v) is 12.9. The van der Waals surface area contributed by atoms with Crippen molar-refractivity contribution in [3.63, 3.8) is 0 Å². The maximum atomic E-state index is 13.1. The Kier molecular flexibility index (Phi) is 3.60. The molecule has 0 radical (unpaired) electrons. The van der Waals surface area contributed by atoms with Gasteiger partial charge in [0.2, 0.25) is 0 Å². The maximum absolute atomic E-state index is 13.1. The minimum absolute atomic E-state index is 0.0473. The van der Waals surface area contributed by atoms with E-state index in [-0.39, 0.29) is 11.7 Å². The minimum Gasteiger partial charge on any atom is -0.337 e. The highest BCUT2D eigenvalue weighted by atomic mass is 19.1. The first-order chi connectivity index (χ1) is 11.7. The third-order valence-corrected chi connectivity index (χ3v) is 4.35. The number of carbonyl (C=O) groups is 1. The molecule has 24 heavy (non-hydrogen) atoms. The van der Waals surface area contributed by atoms with E-state index < -0.39 is 0 Å². The summed E-state index contributed by atoms with van der Waals surface area (Å²) in [7, 11) is 0. The van der Waals surface area contributed by atoms with Crippen LogP contribution in [-0.2, 0) is 12.8 Å². The molecular formula is C17H16FN5O. The number of hydrogen-bond acceptors (Lipinski definition) is 3. The summed E-state index contributed by atoms with van der Waals surface area (Å²) in [5, 5.41) is 14.0. The van der Waals surface area contributed by atoms with Gasteiger partial charge < -0.3 is 4.90 Å². The highest BCUT2D eigenvalue weighted by Gasteiger charge is 2.24. The van der Waals surface area contributed by atoms with Gasteiger partial charge >= 0.3 is 0 Å². The number of amides is 1. The lowest BCUT2D eigenvalue weighted by atomic mass is 10.0. The molecule has 0 unspecified atom stereocenters. The van der Waals surface area contributed by atoms with Crippen LogP contribution in [0.15, 0.2) is 36.5 Å². The largest absolute Gasteiger partial charge is 0.337 e. The molecule has 0 spiro atoms. The van der Waals surface area contributed by atoms with Crippen LogP contribution in [0.1, 0.15) is 21.7 Å². The number of H-pyrrole nitrogens is 2. The predicted molar refractivity (Wildman–Crippen MR) is 85.9 cm³/mol. The van der Waals surface area contributed by atoms with Crippen LogP contribution < -0.4 is 0 Å². The fraction of sp³-hybridized carbons (Fsp3) is 0.235. The standard InChI is InChI=1S/C17H16FN5O/c18-12-3-1-11(2-4-12)16-13-6-9-23(10-7-14(13)21-22-16)17(24)15-5-8-19-20-15/h1-5,8H,6-7,9-10H2,(H,19,20)(H,21,22). The number of hydrogen-bond donors (Lipinski definition) is 2. The number of nitrogens with zero attached hydrogens (tertiary/aromatic N) is 3. The lowest BCUT2D eigenvalue weighted by molar-refractivity contribution is 0.0757. The number of halogens is 1. The SMILES string of the molecule is O=C(c1ccn[nH]1)N1CCc2[nH]nc(-c3ccc(F)cc3)c2CC1. The van der Waals surface area contributed by atoms with Crippen molar-refractivity contribution in [2.75, 3.05) is 13.1 Å². The first-order valence-corrected chi connectivity index (χ1v) is 7.83. The molecule has 0 saturated heterocycles. The summed E-state index contributed by atoms with van der Waals surface area (Å²) >= 11 is 0. The second-order valence-corrected chi connectivity index (χ2v) is 5.80. The van der Waals surface area contributed by atoms with Crippen molar-refractivity contribution in [2.45, 2.75) is 12.8 Å². The molecule has 0 atom stereocenters. The van der Waals surface area contributed by atoms with Crippen molar-refractivity contribution >= 4 is 5.91 Å². The number of rotatable bonds is 2. The van der Waals surface area contributed by atoms with E-state index in [0.29, 0.717) is 31.6 Å². The second kappa shape index (κ2) is 5.92. The molecule has 1 aliphatic heterocycles. The number of carbonyl (C=O) groups excluding carboxylic acids is 1. The Balaban J connectivity index is 1.58. The van der Waals surface area contributed by atoms with Crippen LogP contribution in [0.3, 0.4) is 0 Å². The summed E-state index contributed by atoms with van der Waals surface area (Å²) < 4.78 is 13.1. The smallest absolute Gasteiger partial charge is 0.271 e. The minimum atomic E-state index is -0.267. The van der Waals surface area contributed by atoms with Gasteiger partial charge in [0.15, 0.2) is 0 Å². The lowest BCUT2D eigenvalue weighted by Crippen LogP contribution is -2.33. The molecule has 7 heteroatoms. The van der Waals surface area contributed by atoms with Gasteiger partial charge in [0.25, 0.3) is 5.91 Å². The van der Waals surface area contributed by atoms with Gasteiger partial charge in [0.1, 0.15) is 11.5 Å². The van der Waals surface area contributed by atoms with Crippen LogP contribution in [-0.4, -0.2) is 44.3 Å². The third kappa shape index (κ3) is 2.58. The van der Waals surface area contributed by atoms with Crippen LogP contribution in [0, 0.1) is 5.82 Å². The van der Waals surface area contributed by atoms with Crippen molar-refractivity contribution in [3.05, 3.63) is 59.3 Å². The molecule has 6 nitrogen and oxygen atoms in total. The fourth-order valence-corrected chi connectivity index (χ4v) is 3.08. The van der Waals surface area contributed by atoms with Crippen LogP contribution in [0.25, 0.3) is 11.3 Å². The number of aromatic nitrogens is 4. The van der Waals surface area contributed by atoms with E-state index in [4.69, 9.17) is 0 Å². The molecular weight excluding hydrogens is 309 g/mol. The molecule has 0 fully saturated rings. The van der Waals surface area contributed by atoms with Gasteiger partial charge in [-0.2, -0.15) is 10.2 Å². The Morgan fingerprint density at radius 2 is 1.88 bits per heavy atom. The number of benzene rings is 1. The van der Waals surface area contributed by atoms with Crippen molar-refractivity contribution in [2.24, 2.45) is 0 Å². The number of nitrogens with one attached hydrogen (secondary N) is 2. The van der Waals surface area contributed by atoms with Crippen molar-refractivity contribution in [1.29, 1.82) is 0 Å². The van der Waals surface area contributed by atoms with E-state index in [2.05, 4.69) is 20.4 Å². The van der Waals surface area contributed by atoms with Crippen molar-refractivity contribution in [1.82, 2.24) is 25.3 Å². The molecule has 3 heterocycles. The summed E-state index contributed by atoms with van der Waals surface area (Å²) in [6, 6.07) is 7.99. The first-order valence-electron chi connectivity index (χ1n) is 7.83. The molecule has 0 saturated carbocycles. The maximum Gasteiger partial charge on any atom is 0.271 e. The molecule has 1 aromatic carbocycles. The zero-order valence-electron chi connectivity index (χ0n) is 12.9. The normalized spacial score (nSPS) is 14.3. The van der Waals surface area contributed by atoms with Gasteiger partial charge in [0, 0.05) is 42.5 Å². The predicted octanol–water partition coefficient (Wildman–Crippen LogP) is 2.18. The molecule has 4 rings (SSSR count). The fourth-order valence-electron chi connectivity index (χ4n) is 3.08. The lowest BCUT2D eigenvalue weighted by Gasteiger charge is -2.19. The van der Waals surface area contributed by atoms with Crippen molar-refractivity contribution in [3.8, 4) is 11.3 Å². The Hall–Kier alpha value is -2.96. The van der Waals surface area contributed by atoms with Gasteiger partial charge in [0.05, 0.1) is 5.69 Å². The van der Waals surface area contributed by atoms with E-state index in [0.717, 1.165) is 22.5 Å². The molecule has 0 bridgehead atoms. The van der Waals surface area contributed by atoms with E-state index in [1.165, 1.54) is 12.1 Å². The van der Waals surface area contributed by atoms with Gasteiger partial charge in [-0.05, 0) is 36.8 Å². The summed E-state index contributed by atoms with van der Waals surface area (Å²) in [4.78, 5) is 14.3. The Morgan fingerprint density at radius 3 is 2.62 bits per heavy atom. The van der Waals surface area contributed by atoms with E-state index in [1.54, 1.807) is 24.4 Å². The number of fused-ring (bicyclic) bond motifs is 1. The highest BCUT2D eigenvalue weighted by molar-refractivity contribution is 5.92. The molecule has 1 amide bonds. The van der Waals surface area contributed by atoms with E-state index >= 15 is 0 Å². The van der Waals surface area contributed by atoms with Crippen LogP contribution in [0.5, 0.6) is 0 Å². The summed E-state index contributed by atoms with van der Waals surface area (Å²) in [5.74, 6) is -0.314.